The van der Waals surface area contributed by atoms with E-state index < -0.39 is 29.1 Å². The van der Waals surface area contributed by atoms with Crippen molar-refractivity contribution in [1.82, 2.24) is 9.55 Å². The van der Waals surface area contributed by atoms with Crippen LogP contribution in [0.1, 0.15) is 28.3 Å². The molecule has 0 amide bonds. The number of fused-ring (bicyclic) bond motifs is 1. The van der Waals surface area contributed by atoms with Gasteiger partial charge in [-0.25, -0.2) is 18.2 Å². The minimum absolute atomic E-state index is 0.0425. The van der Waals surface area contributed by atoms with Crippen molar-refractivity contribution in [2.24, 2.45) is 0 Å². The second kappa shape index (κ2) is 8.99. The summed E-state index contributed by atoms with van der Waals surface area (Å²) in [5.41, 5.74) is 2.06. The molecule has 3 aromatic carbocycles. The molecule has 0 bridgehead atoms. The Morgan fingerprint density at radius 3 is 2.36 bits per heavy atom. The number of ether oxygens (including phenoxy) is 1. The molecular formula is C23H19F2N3O4S. The number of hydrogen-bond acceptors (Lipinski definition) is 5. The number of imidazole rings is 1. The number of nitrogens with one attached hydrogen (secondary N) is 1. The third-order valence-electron chi connectivity index (χ3n) is 4.90. The fourth-order valence-corrected chi connectivity index (χ4v) is 4.29. The van der Waals surface area contributed by atoms with Crippen LogP contribution in [0.2, 0.25) is 0 Å². The Bertz CT molecular complexity index is 1400. The molecule has 0 aliphatic carbocycles. The number of carbonyl (C=O) groups excluding carboxylic acids is 1. The van der Waals surface area contributed by atoms with Crippen molar-refractivity contribution >= 4 is 32.7 Å². The number of benzene rings is 3. The number of esters is 1. The number of sulfonamides is 1. The minimum atomic E-state index is -3.85. The lowest BCUT2D eigenvalue weighted by Crippen LogP contribution is -2.14. The van der Waals surface area contributed by atoms with E-state index in [4.69, 9.17) is 4.74 Å². The highest BCUT2D eigenvalue weighted by Crippen LogP contribution is 2.24. The summed E-state index contributed by atoms with van der Waals surface area (Å²) < 4.78 is 60.4. The Morgan fingerprint density at radius 2 is 1.70 bits per heavy atom. The molecule has 4 rings (SSSR count). The van der Waals surface area contributed by atoms with E-state index in [9.17, 15) is 22.0 Å². The van der Waals surface area contributed by atoms with Gasteiger partial charge in [-0.05, 0) is 55.5 Å². The Hall–Kier alpha value is -3.79. The van der Waals surface area contributed by atoms with Crippen molar-refractivity contribution in [3.05, 3.63) is 89.7 Å². The third-order valence-corrected chi connectivity index (χ3v) is 6.30. The first-order chi connectivity index (χ1) is 15.7. The number of aromatic nitrogens is 2. The molecule has 1 N–H and O–H groups in total. The van der Waals surface area contributed by atoms with Gasteiger partial charge in [0.25, 0.3) is 10.0 Å². The van der Waals surface area contributed by atoms with Crippen molar-refractivity contribution in [3.63, 3.8) is 0 Å². The smallest absolute Gasteiger partial charge is 0.338 e. The number of halogens is 2. The number of carbonyl (C=O) groups is 1. The first-order valence-corrected chi connectivity index (χ1v) is 11.3. The standard InChI is InChI=1S/C23H19F2N3O4S/c1-15-6-10-17(11-7-15)27-33(30,31)18-12-8-16(9-13-18)22(29)32-14-21-26-19-4-2-3-5-20(19)28(21)23(24)25/h2-13,23,27H,14H2,1H3. The Balaban J connectivity index is 1.46. The lowest BCUT2D eigenvalue weighted by atomic mass is 10.2. The van der Waals surface area contributed by atoms with E-state index in [0.29, 0.717) is 15.8 Å². The predicted octanol–water partition coefficient (Wildman–Crippen LogP) is 4.90. The summed E-state index contributed by atoms with van der Waals surface area (Å²) in [4.78, 5) is 16.5. The van der Waals surface area contributed by atoms with E-state index in [-0.39, 0.29) is 21.8 Å². The lowest BCUT2D eigenvalue weighted by Gasteiger charge is -2.10. The maximum atomic E-state index is 13.5. The fraction of sp³-hybridized carbons (Fsp3) is 0.130. The summed E-state index contributed by atoms with van der Waals surface area (Å²) in [7, 11) is -3.85. The summed E-state index contributed by atoms with van der Waals surface area (Å²) in [5.74, 6) is -0.889. The minimum Gasteiger partial charge on any atom is -0.454 e. The van der Waals surface area contributed by atoms with E-state index >= 15 is 0 Å². The molecular weight excluding hydrogens is 452 g/mol. The molecule has 0 saturated carbocycles. The number of aryl methyl sites for hydroxylation is 1. The molecule has 0 aliphatic heterocycles. The van der Waals surface area contributed by atoms with Gasteiger partial charge in [-0.15, -0.1) is 0 Å². The van der Waals surface area contributed by atoms with Crippen LogP contribution in [0.4, 0.5) is 14.5 Å². The molecule has 0 aliphatic rings. The first-order valence-electron chi connectivity index (χ1n) is 9.85. The van der Waals surface area contributed by atoms with E-state index in [2.05, 4.69) is 9.71 Å². The molecule has 170 valence electrons. The summed E-state index contributed by atoms with van der Waals surface area (Å²) in [5, 5.41) is 0. The van der Waals surface area contributed by atoms with Gasteiger partial charge in [0, 0.05) is 5.69 Å². The number of hydrogen-bond donors (Lipinski definition) is 1. The SMILES string of the molecule is Cc1ccc(NS(=O)(=O)c2ccc(C(=O)OCc3nc4ccccc4n3C(F)F)cc2)cc1. The average molecular weight is 471 g/mol. The van der Waals surface area contributed by atoms with Crippen LogP contribution in [0.5, 0.6) is 0 Å². The number of nitrogens with zero attached hydrogens (tertiary/aromatic N) is 2. The van der Waals surface area contributed by atoms with Gasteiger partial charge in [0.1, 0.15) is 6.61 Å². The number of alkyl halides is 2. The third kappa shape index (κ3) is 4.85. The van der Waals surface area contributed by atoms with Crippen LogP contribution in [0.15, 0.2) is 77.7 Å². The van der Waals surface area contributed by atoms with Gasteiger partial charge in [-0.1, -0.05) is 29.8 Å². The molecule has 10 heteroatoms. The van der Waals surface area contributed by atoms with Crippen LogP contribution >= 0.6 is 0 Å². The Kier molecular flexibility index (Phi) is 6.10. The van der Waals surface area contributed by atoms with Gasteiger partial charge < -0.3 is 4.74 Å². The number of para-hydroxylation sites is 2. The molecule has 33 heavy (non-hydrogen) atoms. The van der Waals surface area contributed by atoms with Gasteiger partial charge in [0.15, 0.2) is 5.82 Å². The van der Waals surface area contributed by atoms with E-state index in [1.165, 1.54) is 30.3 Å². The monoisotopic (exact) mass is 471 g/mol. The molecule has 0 fully saturated rings. The molecule has 0 radical (unpaired) electrons. The number of rotatable bonds is 7. The summed E-state index contributed by atoms with van der Waals surface area (Å²) in [6, 6.07) is 18.3. The normalized spacial score (nSPS) is 11.6. The quantitative estimate of drug-likeness (QED) is 0.387. The highest BCUT2D eigenvalue weighted by Gasteiger charge is 2.20. The summed E-state index contributed by atoms with van der Waals surface area (Å²) in [6.07, 6.45) is 0. The molecule has 0 atom stereocenters. The van der Waals surface area contributed by atoms with Crippen LogP contribution in [0.3, 0.4) is 0 Å². The van der Waals surface area contributed by atoms with Crippen molar-refractivity contribution in [2.75, 3.05) is 4.72 Å². The van der Waals surface area contributed by atoms with Gasteiger partial charge in [-0.2, -0.15) is 8.78 Å². The highest BCUT2D eigenvalue weighted by atomic mass is 32.2. The van der Waals surface area contributed by atoms with Crippen molar-refractivity contribution in [1.29, 1.82) is 0 Å². The van der Waals surface area contributed by atoms with Gasteiger partial charge >= 0.3 is 12.5 Å². The second-order valence-electron chi connectivity index (χ2n) is 7.24. The van der Waals surface area contributed by atoms with Gasteiger partial charge in [0.05, 0.1) is 21.5 Å². The first kappa shape index (κ1) is 22.4. The topological polar surface area (TPSA) is 90.3 Å². The summed E-state index contributed by atoms with van der Waals surface area (Å²) in [6.45, 7) is -1.43. The zero-order chi connectivity index (χ0) is 23.6. The van der Waals surface area contributed by atoms with E-state index in [1.54, 1.807) is 42.5 Å². The maximum Gasteiger partial charge on any atom is 0.338 e. The zero-order valence-electron chi connectivity index (χ0n) is 17.4. The van der Waals surface area contributed by atoms with Crippen LogP contribution in [0, 0.1) is 6.92 Å². The van der Waals surface area contributed by atoms with Crippen LogP contribution in [-0.4, -0.2) is 23.9 Å². The van der Waals surface area contributed by atoms with E-state index in [0.717, 1.165) is 5.56 Å². The predicted molar refractivity (Wildman–Crippen MR) is 119 cm³/mol. The molecule has 1 aromatic heterocycles. The molecule has 0 unspecified atom stereocenters. The maximum absolute atomic E-state index is 13.5. The summed E-state index contributed by atoms with van der Waals surface area (Å²) >= 11 is 0. The van der Waals surface area contributed by atoms with Crippen LogP contribution in [0.25, 0.3) is 11.0 Å². The Labute approximate surface area is 188 Å². The average Bonchev–Trinajstić information content (AvgIpc) is 3.17. The molecule has 0 saturated heterocycles. The van der Waals surface area contributed by atoms with Crippen molar-refractivity contribution in [2.45, 2.75) is 25.0 Å². The van der Waals surface area contributed by atoms with E-state index in [1.807, 2.05) is 6.92 Å². The molecule has 7 nitrogen and oxygen atoms in total. The Morgan fingerprint density at radius 1 is 1.03 bits per heavy atom. The fourth-order valence-electron chi connectivity index (χ4n) is 3.23. The largest absolute Gasteiger partial charge is 0.454 e. The van der Waals surface area contributed by atoms with Gasteiger partial charge in [0.2, 0.25) is 0 Å². The second-order valence-corrected chi connectivity index (χ2v) is 8.92. The molecule has 1 heterocycles. The van der Waals surface area contributed by atoms with Gasteiger partial charge in [-0.3, -0.25) is 9.29 Å². The number of anilines is 1. The van der Waals surface area contributed by atoms with Crippen LogP contribution in [-0.2, 0) is 21.4 Å². The van der Waals surface area contributed by atoms with Crippen molar-refractivity contribution < 1.29 is 26.7 Å². The van der Waals surface area contributed by atoms with Crippen molar-refractivity contribution in [3.8, 4) is 0 Å². The highest BCUT2D eigenvalue weighted by molar-refractivity contribution is 7.92. The zero-order valence-corrected chi connectivity index (χ0v) is 18.2. The lowest BCUT2D eigenvalue weighted by molar-refractivity contribution is 0.0387. The molecule has 4 aromatic rings. The van der Waals surface area contributed by atoms with Crippen LogP contribution < -0.4 is 4.72 Å². The molecule has 0 spiro atoms.